The average molecular weight is 816 g/mol. The summed E-state index contributed by atoms with van der Waals surface area (Å²) in [5.74, 6) is 3.28. The standard InChI is InChI=1S/C62H57N/c1-62(2)59-19-11-18-54(44-12-5-3-6-13-44)61(59)55-35-34-53(40-60(55)62)63(51-30-26-43(27-31-51)42-22-24-46(25-23-42)56-37-41-20-21-50(56)36-41)52-32-28-47(29-33-52)58-39-49-17-10-9-16-48(49)38-57(58)45-14-7-4-8-15-45/h4,7-11,14-19,22-35,38-41,44,50,56H,3,5-6,12-13,20-21,36-37H2,1-2H3. The van der Waals surface area contributed by atoms with E-state index in [1.807, 2.05) is 0 Å². The molecular weight excluding hydrogens is 759 g/mol. The van der Waals surface area contributed by atoms with Gasteiger partial charge in [-0.15, -0.1) is 0 Å². The Morgan fingerprint density at radius 1 is 0.444 bits per heavy atom. The SMILES string of the molecule is CC1(C)c2cc(N(c3ccc(-c4ccc(C5CC6CCC5C6)cc4)cc3)c3ccc(-c4cc5ccccc5cc4-c4ccccc4)cc3)ccc2-c2c(C3CCCCC3)cccc21. The number of benzene rings is 8. The first-order valence-corrected chi connectivity index (χ1v) is 23.9. The topological polar surface area (TPSA) is 3.24 Å². The second kappa shape index (κ2) is 15.6. The molecule has 3 unspecified atom stereocenters. The summed E-state index contributed by atoms with van der Waals surface area (Å²) in [6.45, 7) is 4.88. The first-order chi connectivity index (χ1) is 31.0. The molecule has 0 aromatic heterocycles. The lowest BCUT2D eigenvalue weighted by atomic mass is 9.78. The lowest BCUT2D eigenvalue weighted by Gasteiger charge is -2.28. The van der Waals surface area contributed by atoms with Gasteiger partial charge in [0.15, 0.2) is 0 Å². The molecule has 1 heteroatoms. The Morgan fingerprint density at radius 2 is 1.05 bits per heavy atom. The summed E-state index contributed by atoms with van der Waals surface area (Å²) in [5, 5.41) is 2.52. The molecule has 0 saturated heterocycles. The van der Waals surface area contributed by atoms with Gasteiger partial charge < -0.3 is 4.90 Å². The summed E-state index contributed by atoms with van der Waals surface area (Å²) < 4.78 is 0. The molecule has 3 saturated carbocycles. The maximum absolute atomic E-state index is 2.51. The summed E-state index contributed by atoms with van der Waals surface area (Å²) in [4.78, 5) is 2.48. The first-order valence-electron chi connectivity index (χ1n) is 23.9. The van der Waals surface area contributed by atoms with Gasteiger partial charge >= 0.3 is 0 Å². The highest BCUT2D eigenvalue weighted by Gasteiger charge is 2.40. The van der Waals surface area contributed by atoms with Crippen molar-refractivity contribution in [3.05, 3.63) is 198 Å². The van der Waals surface area contributed by atoms with Crippen LogP contribution < -0.4 is 4.90 Å². The van der Waals surface area contributed by atoms with Gasteiger partial charge in [-0.05, 0) is 182 Å². The van der Waals surface area contributed by atoms with E-state index in [0.29, 0.717) is 5.92 Å². The minimum Gasteiger partial charge on any atom is -0.310 e. The summed E-state index contributed by atoms with van der Waals surface area (Å²) in [6, 6.07) is 67.0. The molecule has 3 atom stereocenters. The first kappa shape index (κ1) is 38.5. The van der Waals surface area contributed by atoms with Crippen molar-refractivity contribution in [3.8, 4) is 44.5 Å². The Balaban J connectivity index is 0.940. The summed E-state index contributed by atoms with van der Waals surface area (Å²) in [6.07, 6.45) is 12.4. The van der Waals surface area contributed by atoms with E-state index < -0.39 is 0 Å². The van der Waals surface area contributed by atoms with Crippen LogP contribution in [0, 0.1) is 11.8 Å². The van der Waals surface area contributed by atoms with E-state index in [0.717, 1.165) is 29.1 Å². The van der Waals surface area contributed by atoms with Crippen molar-refractivity contribution in [2.24, 2.45) is 11.8 Å². The molecule has 1 nitrogen and oxygen atoms in total. The number of hydrogen-bond acceptors (Lipinski definition) is 1. The number of rotatable bonds is 8. The molecular formula is C62H57N. The maximum Gasteiger partial charge on any atom is 0.0465 e. The van der Waals surface area contributed by atoms with Crippen LogP contribution in [0.15, 0.2) is 176 Å². The van der Waals surface area contributed by atoms with Crippen LogP contribution in [-0.4, -0.2) is 0 Å². The highest BCUT2D eigenvalue weighted by Crippen LogP contribution is 2.55. The van der Waals surface area contributed by atoms with Gasteiger partial charge in [0.05, 0.1) is 0 Å². The molecule has 0 amide bonds. The molecule has 8 aromatic rings. The Bertz CT molecular complexity index is 2950. The van der Waals surface area contributed by atoms with E-state index in [4.69, 9.17) is 0 Å². The zero-order valence-electron chi connectivity index (χ0n) is 36.9. The van der Waals surface area contributed by atoms with E-state index >= 15 is 0 Å². The number of hydrogen-bond donors (Lipinski definition) is 0. The Labute approximate surface area is 374 Å². The molecule has 4 aliphatic rings. The number of fused-ring (bicyclic) bond motifs is 6. The molecule has 0 N–H and O–H groups in total. The van der Waals surface area contributed by atoms with Crippen LogP contribution >= 0.6 is 0 Å². The molecule has 3 fully saturated rings. The van der Waals surface area contributed by atoms with Gasteiger partial charge in [-0.1, -0.05) is 167 Å². The summed E-state index contributed by atoms with van der Waals surface area (Å²) >= 11 is 0. The zero-order chi connectivity index (χ0) is 42.1. The molecule has 63 heavy (non-hydrogen) atoms. The minimum atomic E-state index is -0.0983. The largest absolute Gasteiger partial charge is 0.310 e. The van der Waals surface area contributed by atoms with Crippen molar-refractivity contribution in [2.75, 3.05) is 4.90 Å². The van der Waals surface area contributed by atoms with Gasteiger partial charge in [-0.3, -0.25) is 0 Å². The third kappa shape index (κ3) is 6.75. The van der Waals surface area contributed by atoms with Gasteiger partial charge in [0.2, 0.25) is 0 Å². The molecule has 0 heterocycles. The second-order valence-corrected chi connectivity index (χ2v) is 19.9. The molecule has 0 aliphatic heterocycles. The van der Waals surface area contributed by atoms with Crippen LogP contribution in [0.25, 0.3) is 55.3 Å². The Kier molecular flexibility index (Phi) is 9.51. The molecule has 12 rings (SSSR count). The zero-order valence-corrected chi connectivity index (χ0v) is 36.9. The van der Waals surface area contributed by atoms with Crippen LogP contribution in [-0.2, 0) is 5.41 Å². The third-order valence-electron chi connectivity index (χ3n) is 16.0. The van der Waals surface area contributed by atoms with Gasteiger partial charge in [0, 0.05) is 22.5 Å². The normalized spacial score (nSPS) is 19.9. The summed E-state index contributed by atoms with van der Waals surface area (Å²) in [7, 11) is 0. The van der Waals surface area contributed by atoms with Crippen molar-refractivity contribution in [1.82, 2.24) is 0 Å². The Morgan fingerprint density at radius 3 is 1.68 bits per heavy atom. The molecule has 0 radical (unpaired) electrons. The predicted molar refractivity (Wildman–Crippen MR) is 267 cm³/mol. The average Bonchev–Trinajstić information content (AvgIpc) is 4.05. The van der Waals surface area contributed by atoms with E-state index in [1.54, 1.807) is 11.1 Å². The fraction of sp³-hybridized carbons (Fsp3) is 0.258. The third-order valence-corrected chi connectivity index (χ3v) is 16.0. The number of nitrogens with zero attached hydrogens (tertiary/aromatic N) is 1. The number of anilines is 3. The fourth-order valence-corrected chi connectivity index (χ4v) is 12.6. The molecule has 4 aliphatic carbocycles. The van der Waals surface area contributed by atoms with Crippen molar-refractivity contribution < 1.29 is 0 Å². The van der Waals surface area contributed by atoms with E-state index in [1.165, 1.54) is 130 Å². The quantitative estimate of drug-likeness (QED) is 0.148. The predicted octanol–water partition coefficient (Wildman–Crippen LogP) is 17.6. The molecule has 8 aromatic carbocycles. The van der Waals surface area contributed by atoms with Crippen LogP contribution in [0.4, 0.5) is 17.1 Å². The highest BCUT2D eigenvalue weighted by molar-refractivity contribution is 5.97. The van der Waals surface area contributed by atoms with Gasteiger partial charge in [0.1, 0.15) is 0 Å². The van der Waals surface area contributed by atoms with Crippen LogP contribution in [0.3, 0.4) is 0 Å². The van der Waals surface area contributed by atoms with E-state index in [-0.39, 0.29) is 5.41 Å². The van der Waals surface area contributed by atoms with E-state index in [2.05, 4.69) is 195 Å². The lowest BCUT2D eigenvalue weighted by molar-refractivity contribution is 0.420. The lowest BCUT2D eigenvalue weighted by Crippen LogP contribution is -2.17. The van der Waals surface area contributed by atoms with Crippen LogP contribution in [0.2, 0.25) is 0 Å². The summed E-state index contributed by atoms with van der Waals surface area (Å²) in [5.41, 5.74) is 19.9. The Hall–Kier alpha value is -6.18. The van der Waals surface area contributed by atoms with Gasteiger partial charge in [-0.2, -0.15) is 0 Å². The fourth-order valence-electron chi connectivity index (χ4n) is 12.6. The van der Waals surface area contributed by atoms with Crippen LogP contribution in [0.1, 0.15) is 106 Å². The molecule has 0 spiro atoms. The maximum atomic E-state index is 2.51. The molecule has 310 valence electrons. The molecule has 2 bridgehead atoms. The highest BCUT2D eigenvalue weighted by atomic mass is 15.1. The van der Waals surface area contributed by atoms with Crippen molar-refractivity contribution in [1.29, 1.82) is 0 Å². The second-order valence-electron chi connectivity index (χ2n) is 19.9. The smallest absolute Gasteiger partial charge is 0.0465 e. The van der Waals surface area contributed by atoms with Crippen molar-refractivity contribution >= 4 is 27.8 Å². The monoisotopic (exact) mass is 815 g/mol. The van der Waals surface area contributed by atoms with Crippen molar-refractivity contribution in [3.63, 3.8) is 0 Å². The van der Waals surface area contributed by atoms with Crippen LogP contribution in [0.5, 0.6) is 0 Å². The van der Waals surface area contributed by atoms with Crippen molar-refractivity contribution in [2.45, 2.75) is 88.9 Å². The van der Waals surface area contributed by atoms with Gasteiger partial charge in [0.25, 0.3) is 0 Å². The minimum absolute atomic E-state index is 0.0983. The van der Waals surface area contributed by atoms with E-state index in [9.17, 15) is 0 Å². The van der Waals surface area contributed by atoms with Gasteiger partial charge in [-0.25, -0.2) is 0 Å².